The van der Waals surface area contributed by atoms with E-state index in [1.54, 1.807) is 6.07 Å². The smallest absolute Gasteiger partial charge is 0.230 e. The topological polar surface area (TPSA) is 61.3 Å². The molecule has 6 heteroatoms. The van der Waals surface area contributed by atoms with Gasteiger partial charge in [0.2, 0.25) is 5.88 Å². The predicted octanol–water partition coefficient (Wildman–Crippen LogP) is 2.83. The van der Waals surface area contributed by atoms with Crippen molar-refractivity contribution >= 4 is 21.8 Å². The summed E-state index contributed by atoms with van der Waals surface area (Å²) in [5, 5.41) is 3.51. The largest absolute Gasteiger partial charge is 0.495 e. The molecule has 0 aliphatic rings. The molecular weight excluding hydrogens is 279 g/mol. The maximum Gasteiger partial charge on any atom is 0.230 e. The molecule has 0 saturated heterocycles. The molecule has 2 aromatic rings. The van der Waals surface area contributed by atoms with E-state index in [1.165, 1.54) is 19.4 Å². The second kappa shape index (κ2) is 4.13. The number of rotatable bonds is 2. The van der Waals surface area contributed by atoms with Gasteiger partial charge in [-0.1, -0.05) is 5.16 Å². The molecule has 0 saturated carbocycles. The van der Waals surface area contributed by atoms with E-state index in [0.29, 0.717) is 15.8 Å². The Kier molecular flexibility index (Phi) is 2.82. The van der Waals surface area contributed by atoms with Crippen molar-refractivity contribution in [2.24, 2.45) is 0 Å². The summed E-state index contributed by atoms with van der Waals surface area (Å²) < 4.78 is 24.2. The third-order valence-electron chi connectivity index (χ3n) is 2.13. The van der Waals surface area contributed by atoms with Crippen LogP contribution in [0.1, 0.15) is 0 Å². The maximum atomic E-state index is 13.7. The minimum absolute atomic E-state index is 0.0512. The second-order valence-electron chi connectivity index (χ2n) is 3.04. The van der Waals surface area contributed by atoms with Crippen molar-refractivity contribution in [2.75, 3.05) is 12.8 Å². The molecule has 84 valence electrons. The number of methoxy groups -OCH3 is 1. The highest BCUT2D eigenvalue weighted by Gasteiger charge is 2.19. The lowest BCUT2D eigenvalue weighted by atomic mass is 10.1. The van der Waals surface area contributed by atoms with Crippen molar-refractivity contribution in [3.05, 3.63) is 28.6 Å². The first-order valence-electron chi connectivity index (χ1n) is 4.37. The van der Waals surface area contributed by atoms with Crippen LogP contribution in [0.25, 0.3) is 11.1 Å². The first-order chi connectivity index (χ1) is 7.65. The Morgan fingerprint density at radius 1 is 1.50 bits per heavy atom. The Labute approximate surface area is 99.3 Å². The number of anilines is 1. The molecule has 2 rings (SSSR count). The zero-order chi connectivity index (χ0) is 11.7. The summed E-state index contributed by atoms with van der Waals surface area (Å²) in [7, 11) is 1.45. The van der Waals surface area contributed by atoms with Gasteiger partial charge in [-0.2, -0.15) is 0 Å². The van der Waals surface area contributed by atoms with Gasteiger partial charge in [0, 0.05) is 0 Å². The first-order valence-corrected chi connectivity index (χ1v) is 5.17. The third kappa shape index (κ3) is 1.65. The Morgan fingerprint density at radius 3 is 2.81 bits per heavy atom. The quantitative estimate of drug-likeness (QED) is 0.922. The van der Waals surface area contributed by atoms with Gasteiger partial charge in [-0.15, -0.1) is 0 Å². The normalized spacial score (nSPS) is 10.4. The SMILES string of the molecule is COc1c(Br)ccc(F)c1-c1cnoc1N. The minimum atomic E-state index is -0.449. The first kappa shape index (κ1) is 10.9. The van der Waals surface area contributed by atoms with E-state index in [1.807, 2.05) is 0 Å². The Hall–Kier alpha value is -1.56. The van der Waals surface area contributed by atoms with Gasteiger partial charge in [0.1, 0.15) is 11.6 Å². The summed E-state index contributed by atoms with van der Waals surface area (Å²) in [6.07, 6.45) is 1.35. The highest BCUT2D eigenvalue weighted by atomic mass is 79.9. The molecule has 2 N–H and O–H groups in total. The number of hydrogen-bond acceptors (Lipinski definition) is 4. The summed E-state index contributed by atoms with van der Waals surface area (Å²) in [4.78, 5) is 0. The maximum absolute atomic E-state index is 13.7. The standard InChI is InChI=1S/C10H8BrFN2O2/c1-15-9-6(11)2-3-7(12)8(9)5-4-14-16-10(5)13/h2-4H,13H2,1H3. The molecule has 0 radical (unpaired) electrons. The van der Waals surface area contributed by atoms with Crippen LogP contribution in [0, 0.1) is 5.82 Å². The van der Waals surface area contributed by atoms with E-state index in [0.717, 1.165) is 0 Å². The Bertz CT molecular complexity index is 528. The number of nitrogens with two attached hydrogens (primary N) is 1. The number of nitrogens with zero attached hydrogens (tertiary/aromatic N) is 1. The van der Waals surface area contributed by atoms with Gasteiger partial charge < -0.3 is 15.0 Å². The van der Waals surface area contributed by atoms with E-state index in [2.05, 4.69) is 21.1 Å². The van der Waals surface area contributed by atoms with E-state index in [-0.39, 0.29) is 11.4 Å². The van der Waals surface area contributed by atoms with Gasteiger partial charge >= 0.3 is 0 Å². The van der Waals surface area contributed by atoms with Crippen LogP contribution >= 0.6 is 15.9 Å². The van der Waals surface area contributed by atoms with Crippen LogP contribution in [-0.2, 0) is 0 Å². The van der Waals surface area contributed by atoms with Gasteiger partial charge in [0.05, 0.1) is 28.9 Å². The minimum Gasteiger partial charge on any atom is -0.495 e. The number of hydrogen-bond donors (Lipinski definition) is 1. The van der Waals surface area contributed by atoms with Gasteiger partial charge in [-0.05, 0) is 28.1 Å². The lowest BCUT2D eigenvalue weighted by Crippen LogP contribution is -1.94. The van der Waals surface area contributed by atoms with Crippen LogP contribution in [0.15, 0.2) is 27.3 Å². The van der Waals surface area contributed by atoms with Crippen LogP contribution in [0.3, 0.4) is 0 Å². The molecule has 0 amide bonds. The molecule has 16 heavy (non-hydrogen) atoms. The average molecular weight is 287 g/mol. The fourth-order valence-corrected chi connectivity index (χ4v) is 1.91. The fourth-order valence-electron chi connectivity index (χ4n) is 1.42. The van der Waals surface area contributed by atoms with E-state index < -0.39 is 5.82 Å². The molecule has 1 aromatic heterocycles. The third-order valence-corrected chi connectivity index (χ3v) is 2.76. The molecule has 0 atom stereocenters. The van der Waals surface area contributed by atoms with Crippen molar-refractivity contribution in [1.82, 2.24) is 5.16 Å². The molecule has 0 bridgehead atoms. The highest BCUT2D eigenvalue weighted by Crippen LogP contribution is 2.40. The molecule has 0 spiro atoms. The fraction of sp³-hybridized carbons (Fsp3) is 0.100. The summed E-state index contributed by atoms with van der Waals surface area (Å²) in [5.41, 5.74) is 6.15. The van der Waals surface area contributed by atoms with Crippen LogP contribution in [-0.4, -0.2) is 12.3 Å². The van der Waals surface area contributed by atoms with E-state index in [4.69, 9.17) is 15.0 Å². The van der Waals surface area contributed by atoms with Gasteiger partial charge in [0.15, 0.2) is 0 Å². The number of halogens is 2. The monoisotopic (exact) mass is 286 g/mol. The number of ether oxygens (including phenoxy) is 1. The molecule has 0 fully saturated rings. The molecule has 1 heterocycles. The zero-order valence-corrected chi connectivity index (χ0v) is 9.92. The van der Waals surface area contributed by atoms with Crippen molar-refractivity contribution in [3.8, 4) is 16.9 Å². The molecule has 1 aromatic carbocycles. The Morgan fingerprint density at radius 2 is 2.25 bits per heavy atom. The lowest BCUT2D eigenvalue weighted by Gasteiger charge is -2.09. The van der Waals surface area contributed by atoms with Gasteiger partial charge in [0.25, 0.3) is 0 Å². The average Bonchev–Trinajstić information content (AvgIpc) is 2.67. The van der Waals surface area contributed by atoms with Crippen LogP contribution in [0.5, 0.6) is 5.75 Å². The number of aromatic nitrogens is 1. The molecule has 0 aliphatic heterocycles. The summed E-state index contributed by atoms with van der Waals surface area (Å²) in [6.45, 7) is 0. The molecular formula is C10H8BrFN2O2. The summed E-state index contributed by atoms with van der Waals surface area (Å²) in [5.74, 6) is -0.0415. The summed E-state index contributed by atoms with van der Waals surface area (Å²) >= 11 is 3.27. The summed E-state index contributed by atoms with van der Waals surface area (Å²) in [6, 6.07) is 2.87. The second-order valence-corrected chi connectivity index (χ2v) is 3.90. The van der Waals surface area contributed by atoms with E-state index in [9.17, 15) is 4.39 Å². The van der Waals surface area contributed by atoms with Crippen molar-refractivity contribution in [2.45, 2.75) is 0 Å². The van der Waals surface area contributed by atoms with Crippen LogP contribution in [0.2, 0.25) is 0 Å². The molecule has 0 unspecified atom stereocenters. The number of nitrogen functional groups attached to an aromatic ring is 1. The van der Waals surface area contributed by atoms with Crippen molar-refractivity contribution in [3.63, 3.8) is 0 Å². The Balaban J connectivity index is 2.73. The van der Waals surface area contributed by atoms with E-state index >= 15 is 0 Å². The van der Waals surface area contributed by atoms with Crippen molar-refractivity contribution in [1.29, 1.82) is 0 Å². The van der Waals surface area contributed by atoms with Crippen LogP contribution in [0.4, 0.5) is 10.3 Å². The predicted molar refractivity (Wildman–Crippen MR) is 60.6 cm³/mol. The lowest BCUT2D eigenvalue weighted by molar-refractivity contribution is 0.410. The highest BCUT2D eigenvalue weighted by molar-refractivity contribution is 9.10. The number of benzene rings is 1. The molecule has 0 aliphatic carbocycles. The van der Waals surface area contributed by atoms with Gasteiger partial charge in [-0.3, -0.25) is 0 Å². The van der Waals surface area contributed by atoms with Gasteiger partial charge in [-0.25, -0.2) is 4.39 Å². The van der Waals surface area contributed by atoms with Crippen molar-refractivity contribution < 1.29 is 13.7 Å². The zero-order valence-electron chi connectivity index (χ0n) is 8.33. The van der Waals surface area contributed by atoms with Crippen LogP contribution < -0.4 is 10.5 Å². The molecule has 4 nitrogen and oxygen atoms in total.